The van der Waals surface area contributed by atoms with Gasteiger partial charge in [0.1, 0.15) is 16.7 Å². The molecule has 3 amide bonds. The molecule has 0 saturated heterocycles. The van der Waals surface area contributed by atoms with Crippen LogP contribution in [-0.2, 0) is 19.2 Å². The first kappa shape index (κ1) is 22.6. The number of ketones is 1. The molecular formula is C24H24N4O4S. The molecule has 1 atom stereocenters. The molecule has 1 aromatic heterocycles. The molecule has 1 saturated carbocycles. The van der Waals surface area contributed by atoms with Gasteiger partial charge in [-0.3, -0.25) is 19.2 Å². The van der Waals surface area contributed by atoms with Crippen molar-refractivity contribution in [1.29, 1.82) is 0 Å². The molecule has 1 fully saturated rings. The summed E-state index contributed by atoms with van der Waals surface area (Å²) in [5.74, 6) is -2.34. The highest BCUT2D eigenvalue weighted by Crippen LogP contribution is 2.32. The van der Waals surface area contributed by atoms with Crippen molar-refractivity contribution in [2.75, 3.05) is 11.9 Å². The van der Waals surface area contributed by atoms with Gasteiger partial charge in [-0.2, -0.15) is 0 Å². The van der Waals surface area contributed by atoms with E-state index in [4.69, 9.17) is 0 Å². The van der Waals surface area contributed by atoms with Crippen LogP contribution in [0.15, 0.2) is 42.5 Å². The van der Waals surface area contributed by atoms with Crippen molar-refractivity contribution < 1.29 is 19.2 Å². The molecule has 1 unspecified atom stereocenters. The maximum absolute atomic E-state index is 12.7. The Kier molecular flexibility index (Phi) is 6.50. The Morgan fingerprint density at radius 3 is 2.52 bits per heavy atom. The minimum absolute atomic E-state index is 0.145. The first-order chi connectivity index (χ1) is 15.8. The first-order valence-electron chi connectivity index (χ1n) is 10.7. The molecule has 1 aliphatic carbocycles. The summed E-state index contributed by atoms with van der Waals surface area (Å²) in [4.78, 5) is 52.7. The molecule has 170 valence electrons. The van der Waals surface area contributed by atoms with E-state index in [0.29, 0.717) is 16.2 Å². The van der Waals surface area contributed by atoms with Gasteiger partial charge in [-0.15, -0.1) is 11.3 Å². The third kappa shape index (κ3) is 5.61. The summed E-state index contributed by atoms with van der Waals surface area (Å²) in [7, 11) is 0. The number of nitrogens with one attached hydrogen (secondary N) is 3. The van der Waals surface area contributed by atoms with Gasteiger partial charge in [-0.05, 0) is 55.2 Å². The predicted octanol–water partition coefficient (Wildman–Crippen LogP) is 2.99. The summed E-state index contributed by atoms with van der Waals surface area (Å²) in [6, 6.07) is 13.4. The van der Waals surface area contributed by atoms with Gasteiger partial charge in [-0.25, -0.2) is 4.98 Å². The molecule has 0 aliphatic heterocycles. The average molecular weight is 465 g/mol. The van der Waals surface area contributed by atoms with E-state index in [1.54, 1.807) is 0 Å². The second-order valence-electron chi connectivity index (χ2n) is 8.10. The van der Waals surface area contributed by atoms with E-state index in [0.717, 1.165) is 28.7 Å². The Morgan fingerprint density at radius 2 is 1.82 bits per heavy atom. The molecule has 0 spiro atoms. The lowest BCUT2D eigenvalue weighted by atomic mass is 10.0. The lowest BCUT2D eigenvalue weighted by molar-refractivity contribution is -0.131. The van der Waals surface area contributed by atoms with Gasteiger partial charge in [0, 0.05) is 18.7 Å². The van der Waals surface area contributed by atoms with Crippen LogP contribution in [0.2, 0.25) is 0 Å². The zero-order valence-electron chi connectivity index (χ0n) is 18.3. The molecule has 3 aromatic rings. The fourth-order valence-electron chi connectivity index (χ4n) is 3.47. The molecule has 2 aromatic carbocycles. The number of carbonyl (C=O) groups is 4. The van der Waals surface area contributed by atoms with Crippen molar-refractivity contribution in [3.05, 3.63) is 47.5 Å². The van der Waals surface area contributed by atoms with E-state index < -0.39 is 11.8 Å². The molecule has 8 nitrogen and oxygen atoms in total. The number of rotatable bonds is 8. The number of fused-ring (bicyclic) bond motifs is 1. The van der Waals surface area contributed by atoms with E-state index in [1.807, 2.05) is 42.5 Å². The van der Waals surface area contributed by atoms with Gasteiger partial charge in [0.25, 0.3) is 0 Å². The Bertz CT molecular complexity index is 1250. The monoisotopic (exact) mass is 464 g/mol. The number of nitrogens with zero attached hydrogens (tertiary/aromatic N) is 1. The zero-order chi connectivity index (χ0) is 23.5. The van der Waals surface area contributed by atoms with Crippen LogP contribution in [0.25, 0.3) is 21.3 Å². The lowest BCUT2D eigenvalue weighted by Crippen LogP contribution is -2.41. The number of aromatic nitrogens is 1. The van der Waals surface area contributed by atoms with Crippen LogP contribution in [0.3, 0.4) is 0 Å². The SMILES string of the molecule is CC(=O)Nc1cccc(-c2ccc3nc(C(C(C)=O)C(=O)NCC(=O)NC4CC4)sc3c2)c1. The van der Waals surface area contributed by atoms with E-state index in [2.05, 4.69) is 20.9 Å². The summed E-state index contributed by atoms with van der Waals surface area (Å²) in [5.41, 5.74) is 3.22. The summed E-state index contributed by atoms with van der Waals surface area (Å²) in [6.45, 7) is 2.64. The van der Waals surface area contributed by atoms with Gasteiger partial charge in [0.15, 0.2) is 0 Å². The number of benzene rings is 2. The maximum atomic E-state index is 12.7. The number of carbonyl (C=O) groups excluding carboxylic acids is 4. The van der Waals surface area contributed by atoms with Crippen molar-refractivity contribution >= 4 is 50.7 Å². The highest BCUT2D eigenvalue weighted by Gasteiger charge is 2.30. The summed E-state index contributed by atoms with van der Waals surface area (Å²) >= 11 is 1.28. The smallest absolute Gasteiger partial charge is 0.239 e. The van der Waals surface area contributed by atoms with Crippen molar-refractivity contribution in [3.8, 4) is 11.1 Å². The van der Waals surface area contributed by atoms with Crippen molar-refractivity contribution in [3.63, 3.8) is 0 Å². The number of Topliss-reactive ketones (excluding diaryl/α,β-unsaturated/α-hetero) is 1. The van der Waals surface area contributed by atoms with Gasteiger partial charge >= 0.3 is 0 Å². The number of thiazole rings is 1. The van der Waals surface area contributed by atoms with Gasteiger partial charge in [0.05, 0.1) is 16.8 Å². The zero-order valence-corrected chi connectivity index (χ0v) is 19.1. The molecule has 9 heteroatoms. The predicted molar refractivity (Wildman–Crippen MR) is 127 cm³/mol. The van der Waals surface area contributed by atoms with Crippen molar-refractivity contribution in [2.24, 2.45) is 0 Å². The molecule has 33 heavy (non-hydrogen) atoms. The highest BCUT2D eigenvalue weighted by atomic mass is 32.1. The third-order valence-corrected chi connectivity index (χ3v) is 6.29. The van der Waals surface area contributed by atoms with Crippen LogP contribution in [0, 0.1) is 0 Å². The normalized spacial score (nSPS) is 13.9. The molecule has 0 radical (unpaired) electrons. The van der Waals surface area contributed by atoms with Crippen molar-refractivity contribution in [1.82, 2.24) is 15.6 Å². The third-order valence-electron chi connectivity index (χ3n) is 5.20. The Morgan fingerprint density at radius 1 is 1.06 bits per heavy atom. The highest BCUT2D eigenvalue weighted by molar-refractivity contribution is 7.18. The first-order valence-corrected chi connectivity index (χ1v) is 11.5. The largest absolute Gasteiger partial charge is 0.352 e. The molecule has 1 aliphatic rings. The fraction of sp³-hybridized carbons (Fsp3) is 0.292. The van der Waals surface area contributed by atoms with E-state index in [1.165, 1.54) is 25.2 Å². The number of hydrogen-bond acceptors (Lipinski definition) is 6. The number of amides is 3. The number of anilines is 1. The Hall–Kier alpha value is -3.59. The van der Waals surface area contributed by atoms with Crippen LogP contribution in [0.5, 0.6) is 0 Å². The molecule has 3 N–H and O–H groups in total. The van der Waals surface area contributed by atoms with Crippen molar-refractivity contribution in [2.45, 2.75) is 38.6 Å². The van der Waals surface area contributed by atoms with E-state index in [9.17, 15) is 19.2 Å². The van der Waals surface area contributed by atoms with Crippen LogP contribution < -0.4 is 16.0 Å². The quantitative estimate of drug-likeness (QED) is 0.443. The summed E-state index contributed by atoms with van der Waals surface area (Å²) in [6.07, 6.45) is 1.92. The second-order valence-corrected chi connectivity index (χ2v) is 9.16. The lowest BCUT2D eigenvalue weighted by Gasteiger charge is -2.11. The van der Waals surface area contributed by atoms with Gasteiger partial charge in [-0.1, -0.05) is 18.2 Å². The van der Waals surface area contributed by atoms with E-state index >= 15 is 0 Å². The standard InChI is InChI=1S/C24H24N4O4S/c1-13(29)22(23(32)25-12-21(31)27-17-7-8-17)24-28-19-9-6-16(11-20(19)33-24)15-4-3-5-18(10-15)26-14(2)30/h3-6,9-11,17,22H,7-8,12H2,1-2H3,(H,25,32)(H,26,30)(H,27,31). The Labute approximate surface area is 194 Å². The minimum Gasteiger partial charge on any atom is -0.352 e. The summed E-state index contributed by atoms with van der Waals surface area (Å²) < 4.78 is 0.831. The van der Waals surface area contributed by atoms with E-state index in [-0.39, 0.29) is 30.2 Å². The second kappa shape index (κ2) is 9.50. The minimum atomic E-state index is -1.07. The molecule has 1 heterocycles. The molecule has 4 rings (SSSR count). The van der Waals surface area contributed by atoms with Crippen LogP contribution in [-0.4, -0.2) is 41.1 Å². The molecule has 0 bridgehead atoms. The Balaban J connectivity index is 1.54. The number of hydrogen-bond donors (Lipinski definition) is 3. The molecular weight excluding hydrogens is 440 g/mol. The summed E-state index contributed by atoms with van der Waals surface area (Å²) in [5, 5.41) is 8.52. The fourth-order valence-corrected chi connectivity index (χ4v) is 4.64. The van der Waals surface area contributed by atoms with Gasteiger partial charge < -0.3 is 16.0 Å². The van der Waals surface area contributed by atoms with Crippen LogP contribution >= 0.6 is 11.3 Å². The van der Waals surface area contributed by atoms with Gasteiger partial charge in [0.2, 0.25) is 17.7 Å². The van der Waals surface area contributed by atoms with Crippen LogP contribution in [0.4, 0.5) is 5.69 Å². The maximum Gasteiger partial charge on any atom is 0.239 e. The van der Waals surface area contributed by atoms with Crippen LogP contribution in [0.1, 0.15) is 37.6 Å². The average Bonchev–Trinajstić information content (AvgIpc) is 3.47. The topological polar surface area (TPSA) is 117 Å².